The summed E-state index contributed by atoms with van der Waals surface area (Å²) in [6, 6.07) is -0.642. The predicted molar refractivity (Wildman–Crippen MR) is 87.2 cm³/mol. The molecular formula is C17H31NO5. The van der Waals surface area contributed by atoms with E-state index in [-0.39, 0.29) is 18.1 Å². The molecule has 1 fully saturated rings. The Labute approximate surface area is 139 Å². The van der Waals surface area contributed by atoms with Crippen LogP contribution in [0.3, 0.4) is 0 Å². The molecule has 1 aliphatic rings. The molecule has 0 aromatic rings. The fourth-order valence-corrected chi connectivity index (χ4v) is 2.52. The number of carbonyl (C=O) groups excluding carboxylic acids is 2. The molecule has 3 atom stereocenters. The summed E-state index contributed by atoms with van der Waals surface area (Å²) in [4.78, 5) is 26.1. The van der Waals surface area contributed by atoms with Gasteiger partial charge in [0.15, 0.2) is 0 Å². The van der Waals surface area contributed by atoms with Crippen molar-refractivity contribution < 1.29 is 23.8 Å². The normalized spacial score (nSPS) is 23.3. The molecule has 0 radical (unpaired) electrons. The van der Waals surface area contributed by atoms with Gasteiger partial charge in [0.25, 0.3) is 0 Å². The van der Waals surface area contributed by atoms with Crippen LogP contribution in [0.25, 0.3) is 0 Å². The summed E-state index contributed by atoms with van der Waals surface area (Å²) in [5.41, 5.74) is 0. The Morgan fingerprint density at radius 3 is 2.52 bits per heavy atom. The first kappa shape index (κ1) is 19.7. The SMILES string of the molecule is CCCO[C@@H]1CCCN(C(=O)OC(C)C(C)C)C(C(=O)OC)C1. The summed E-state index contributed by atoms with van der Waals surface area (Å²) >= 11 is 0. The van der Waals surface area contributed by atoms with E-state index in [4.69, 9.17) is 14.2 Å². The van der Waals surface area contributed by atoms with Crippen LogP contribution in [0.4, 0.5) is 4.79 Å². The number of likely N-dealkylation sites (tertiary alicyclic amines) is 1. The quantitative estimate of drug-likeness (QED) is 0.701. The molecule has 1 saturated heterocycles. The maximum atomic E-state index is 12.5. The Balaban J connectivity index is 2.81. The average molecular weight is 329 g/mol. The van der Waals surface area contributed by atoms with Crippen LogP contribution in [0.15, 0.2) is 0 Å². The fraction of sp³-hybridized carbons (Fsp3) is 0.882. The molecule has 0 bridgehead atoms. The molecule has 1 rings (SSSR count). The number of rotatable bonds is 6. The molecule has 0 aliphatic carbocycles. The molecule has 0 N–H and O–H groups in total. The van der Waals surface area contributed by atoms with Crippen molar-refractivity contribution in [2.75, 3.05) is 20.3 Å². The highest BCUT2D eigenvalue weighted by atomic mass is 16.6. The third-order valence-corrected chi connectivity index (χ3v) is 4.28. The van der Waals surface area contributed by atoms with E-state index in [9.17, 15) is 9.59 Å². The summed E-state index contributed by atoms with van der Waals surface area (Å²) in [7, 11) is 1.34. The average Bonchev–Trinajstić information content (AvgIpc) is 2.74. The molecule has 0 aromatic carbocycles. The second kappa shape index (κ2) is 9.75. The molecule has 1 amide bonds. The van der Waals surface area contributed by atoms with Crippen LogP contribution in [0.2, 0.25) is 0 Å². The van der Waals surface area contributed by atoms with Crippen molar-refractivity contribution in [3.05, 3.63) is 0 Å². The van der Waals surface area contributed by atoms with Gasteiger partial charge in [0, 0.05) is 19.6 Å². The zero-order chi connectivity index (χ0) is 17.4. The van der Waals surface area contributed by atoms with E-state index in [0.717, 1.165) is 19.3 Å². The monoisotopic (exact) mass is 329 g/mol. The Bertz CT molecular complexity index is 385. The lowest BCUT2D eigenvalue weighted by molar-refractivity contribution is -0.147. The lowest BCUT2D eigenvalue weighted by atomic mass is 10.1. The third-order valence-electron chi connectivity index (χ3n) is 4.28. The number of hydrogen-bond acceptors (Lipinski definition) is 5. The molecular weight excluding hydrogens is 298 g/mol. The maximum Gasteiger partial charge on any atom is 0.410 e. The van der Waals surface area contributed by atoms with Crippen molar-refractivity contribution >= 4 is 12.1 Å². The molecule has 1 aliphatic heterocycles. The number of hydrogen-bond donors (Lipinski definition) is 0. The van der Waals surface area contributed by atoms with Gasteiger partial charge in [-0.15, -0.1) is 0 Å². The van der Waals surface area contributed by atoms with Gasteiger partial charge in [-0.05, 0) is 32.1 Å². The van der Waals surface area contributed by atoms with E-state index in [1.165, 1.54) is 12.0 Å². The molecule has 0 spiro atoms. The van der Waals surface area contributed by atoms with Gasteiger partial charge in [0.2, 0.25) is 0 Å². The highest BCUT2D eigenvalue weighted by molar-refractivity contribution is 5.81. The molecule has 0 aromatic heterocycles. The van der Waals surface area contributed by atoms with Gasteiger partial charge in [0.1, 0.15) is 12.1 Å². The van der Waals surface area contributed by atoms with Gasteiger partial charge in [-0.1, -0.05) is 20.8 Å². The minimum Gasteiger partial charge on any atom is -0.467 e. The summed E-state index contributed by atoms with van der Waals surface area (Å²) < 4.78 is 16.2. The lowest BCUT2D eigenvalue weighted by Crippen LogP contribution is -2.47. The van der Waals surface area contributed by atoms with Gasteiger partial charge in [-0.2, -0.15) is 0 Å². The van der Waals surface area contributed by atoms with E-state index in [1.54, 1.807) is 0 Å². The van der Waals surface area contributed by atoms with Crippen LogP contribution in [0, 0.1) is 5.92 Å². The Morgan fingerprint density at radius 1 is 1.26 bits per heavy atom. The van der Waals surface area contributed by atoms with Crippen molar-refractivity contribution in [1.29, 1.82) is 0 Å². The molecule has 6 nitrogen and oxygen atoms in total. The first-order chi connectivity index (χ1) is 10.9. The van der Waals surface area contributed by atoms with Crippen LogP contribution in [0.5, 0.6) is 0 Å². The first-order valence-corrected chi connectivity index (χ1v) is 8.57. The summed E-state index contributed by atoms with van der Waals surface area (Å²) in [6.45, 7) is 9.04. The van der Waals surface area contributed by atoms with Crippen molar-refractivity contribution in [2.24, 2.45) is 5.92 Å². The largest absolute Gasteiger partial charge is 0.467 e. The minimum absolute atomic E-state index is 0.0284. The number of amides is 1. The van der Waals surface area contributed by atoms with Gasteiger partial charge < -0.3 is 14.2 Å². The van der Waals surface area contributed by atoms with Gasteiger partial charge in [-0.25, -0.2) is 9.59 Å². The van der Waals surface area contributed by atoms with Gasteiger partial charge in [-0.3, -0.25) is 4.90 Å². The predicted octanol–water partition coefficient (Wildman–Crippen LogP) is 2.99. The van der Waals surface area contributed by atoms with Crippen molar-refractivity contribution in [3.8, 4) is 0 Å². The zero-order valence-corrected chi connectivity index (χ0v) is 15.0. The van der Waals surface area contributed by atoms with E-state index < -0.39 is 18.1 Å². The van der Waals surface area contributed by atoms with E-state index in [2.05, 4.69) is 0 Å². The van der Waals surface area contributed by atoms with Gasteiger partial charge in [0.05, 0.1) is 13.2 Å². The van der Waals surface area contributed by atoms with Crippen LogP contribution in [-0.2, 0) is 19.0 Å². The van der Waals surface area contributed by atoms with E-state index in [1.807, 2.05) is 27.7 Å². The molecule has 23 heavy (non-hydrogen) atoms. The van der Waals surface area contributed by atoms with Crippen LogP contribution < -0.4 is 0 Å². The standard InChI is InChI=1S/C17H31NO5/c1-6-10-22-14-8-7-9-18(15(11-14)16(19)21-5)17(20)23-13(4)12(2)3/h12-15H,6-11H2,1-5H3/t13?,14-,15?/m1/s1. The van der Waals surface area contributed by atoms with Crippen molar-refractivity contribution in [2.45, 2.75) is 71.6 Å². The molecule has 134 valence electrons. The number of nitrogens with zero attached hydrogens (tertiary/aromatic N) is 1. The van der Waals surface area contributed by atoms with Crippen LogP contribution in [0.1, 0.15) is 53.4 Å². The molecule has 6 heteroatoms. The summed E-state index contributed by atoms with van der Waals surface area (Å²) in [6.07, 6.45) is 2.33. The van der Waals surface area contributed by atoms with E-state index >= 15 is 0 Å². The second-order valence-corrected chi connectivity index (χ2v) is 6.44. The first-order valence-electron chi connectivity index (χ1n) is 8.57. The highest BCUT2D eigenvalue weighted by Crippen LogP contribution is 2.23. The lowest BCUT2D eigenvalue weighted by Gasteiger charge is -2.30. The van der Waals surface area contributed by atoms with Crippen LogP contribution in [-0.4, -0.2) is 55.5 Å². The molecule has 2 unspecified atom stereocenters. The maximum absolute atomic E-state index is 12.5. The van der Waals surface area contributed by atoms with E-state index in [0.29, 0.717) is 19.6 Å². The Kier molecular flexibility index (Phi) is 8.37. The Hall–Kier alpha value is -1.30. The smallest absolute Gasteiger partial charge is 0.410 e. The summed E-state index contributed by atoms with van der Waals surface area (Å²) in [5.74, 6) is -0.186. The molecule has 1 heterocycles. The second-order valence-electron chi connectivity index (χ2n) is 6.44. The number of carbonyl (C=O) groups is 2. The van der Waals surface area contributed by atoms with Crippen molar-refractivity contribution in [1.82, 2.24) is 4.90 Å². The van der Waals surface area contributed by atoms with Gasteiger partial charge >= 0.3 is 12.1 Å². The third kappa shape index (κ3) is 6.01. The number of methoxy groups -OCH3 is 1. The molecule has 0 saturated carbocycles. The Morgan fingerprint density at radius 2 is 1.96 bits per heavy atom. The van der Waals surface area contributed by atoms with Crippen LogP contribution >= 0.6 is 0 Å². The number of ether oxygens (including phenoxy) is 3. The highest BCUT2D eigenvalue weighted by Gasteiger charge is 2.37. The zero-order valence-electron chi connectivity index (χ0n) is 15.0. The van der Waals surface area contributed by atoms with Crippen molar-refractivity contribution in [3.63, 3.8) is 0 Å². The summed E-state index contributed by atoms with van der Waals surface area (Å²) in [5, 5.41) is 0. The topological polar surface area (TPSA) is 65.1 Å². The number of esters is 1. The minimum atomic E-state index is -0.642. The fourth-order valence-electron chi connectivity index (χ4n) is 2.52.